The molecule has 48 heavy (non-hydrogen) atoms. The monoisotopic (exact) mass is 663 g/mol. The fraction of sp³-hybridized carbons (Fsp3) is 0.378. The molecule has 3 saturated heterocycles. The van der Waals surface area contributed by atoms with Crippen molar-refractivity contribution < 1.29 is 13.9 Å². The second kappa shape index (κ2) is 11.9. The van der Waals surface area contributed by atoms with Gasteiger partial charge in [-0.1, -0.05) is 23.7 Å². The Kier molecular flexibility index (Phi) is 7.67. The molecule has 4 aliphatic rings. The van der Waals surface area contributed by atoms with E-state index >= 15 is 4.39 Å². The number of aromatic nitrogens is 4. The molecule has 1 N–H and O–H groups in total. The number of benzene rings is 2. The van der Waals surface area contributed by atoms with Crippen LogP contribution in [0.2, 0.25) is 5.02 Å². The number of hydrogen-bond donors (Lipinski definition) is 1. The van der Waals surface area contributed by atoms with Gasteiger partial charge in [0.2, 0.25) is 5.91 Å². The van der Waals surface area contributed by atoms with Crippen LogP contribution in [0.4, 0.5) is 4.39 Å². The first-order valence-corrected chi connectivity index (χ1v) is 16.9. The van der Waals surface area contributed by atoms with Crippen molar-refractivity contribution in [1.29, 1.82) is 5.26 Å². The molecule has 3 aromatic heterocycles. The van der Waals surface area contributed by atoms with Crippen molar-refractivity contribution in [1.82, 2.24) is 29.7 Å². The second-order valence-corrected chi connectivity index (χ2v) is 13.6. The van der Waals surface area contributed by atoms with Crippen LogP contribution in [0.3, 0.4) is 0 Å². The van der Waals surface area contributed by atoms with Crippen LogP contribution in [0, 0.1) is 36.9 Å². The maximum Gasteiger partial charge on any atom is 0.249 e. The second-order valence-electron chi connectivity index (χ2n) is 13.2. The molecule has 1 amide bonds. The SMILES string of the molecule is Cc1cnc(-c2nc3c(F)c(-c4cccc(Cl)c4C)c(CCC#N)cc3c3c2cc([C@@H](C)N2CCOCC2=O)n3[C@H]2[C@H]3CN[C@@H]2C3)cn1. The van der Waals surface area contributed by atoms with Crippen LogP contribution in [0.5, 0.6) is 0 Å². The number of nitrogens with zero attached hydrogens (tertiary/aromatic N) is 6. The minimum Gasteiger partial charge on any atom is -0.370 e. The molecule has 11 heteroatoms. The lowest BCUT2D eigenvalue weighted by atomic mass is 9.79. The molecule has 5 aromatic rings. The zero-order valence-corrected chi connectivity index (χ0v) is 27.8. The van der Waals surface area contributed by atoms with Crippen molar-refractivity contribution in [3.63, 3.8) is 0 Å². The van der Waals surface area contributed by atoms with Crippen LogP contribution < -0.4 is 5.32 Å². The molecular formula is C37H35ClFN7O2. The van der Waals surface area contributed by atoms with E-state index in [1.807, 2.05) is 36.9 Å². The highest BCUT2D eigenvalue weighted by atomic mass is 35.5. The van der Waals surface area contributed by atoms with E-state index < -0.39 is 5.82 Å². The van der Waals surface area contributed by atoms with Crippen molar-refractivity contribution in [3.05, 3.63) is 76.1 Å². The number of pyridine rings is 1. The van der Waals surface area contributed by atoms with Gasteiger partial charge in [0, 0.05) is 58.8 Å². The predicted octanol–water partition coefficient (Wildman–Crippen LogP) is 6.63. The highest BCUT2D eigenvalue weighted by molar-refractivity contribution is 6.31. The zero-order chi connectivity index (χ0) is 33.3. The van der Waals surface area contributed by atoms with E-state index in [9.17, 15) is 10.1 Å². The molecule has 0 spiro atoms. The largest absolute Gasteiger partial charge is 0.370 e. The van der Waals surface area contributed by atoms with Gasteiger partial charge < -0.3 is 19.5 Å². The Bertz CT molecular complexity index is 2140. The topological polar surface area (TPSA) is 109 Å². The number of amides is 1. The van der Waals surface area contributed by atoms with Gasteiger partial charge in [-0.25, -0.2) is 9.37 Å². The van der Waals surface area contributed by atoms with Gasteiger partial charge in [0.15, 0.2) is 5.82 Å². The van der Waals surface area contributed by atoms with Gasteiger partial charge in [0.25, 0.3) is 0 Å². The van der Waals surface area contributed by atoms with Crippen LogP contribution in [-0.4, -0.2) is 62.7 Å². The molecule has 3 aliphatic heterocycles. The van der Waals surface area contributed by atoms with Crippen LogP contribution >= 0.6 is 11.6 Å². The van der Waals surface area contributed by atoms with Crippen molar-refractivity contribution in [2.75, 3.05) is 26.3 Å². The summed E-state index contributed by atoms with van der Waals surface area (Å²) < 4.78 is 25.3. The third-order valence-electron chi connectivity index (χ3n) is 10.5. The Labute approximate surface area is 282 Å². The van der Waals surface area contributed by atoms with E-state index in [0.29, 0.717) is 58.4 Å². The molecule has 2 aromatic carbocycles. The first-order valence-electron chi connectivity index (χ1n) is 16.5. The Morgan fingerprint density at radius 2 is 2.06 bits per heavy atom. The first kappa shape index (κ1) is 30.9. The summed E-state index contributed by atoms with van der Waals surface area (Å²) in [5, 5.41) is 15.3. The Morgan fingerprint density at radius 1 is 1.21 bits per heavy atom. The summed E-state index contributed by atoms with van der Waals surface area (Å²) in [4.78, 5) is 29.3. The third-order valence-corrected chi connectivity index (χ3v) is 10.9. The maximum atomic E-state index is 17.4. The fourth-order valence-electron chi connectivity index (χ4n) is 8.00. The van der Waals surface area contributed by atoms with Gasteiger partial charge in [-0.15, -0.1) is 0 Å². The van der Waals surface area contributed by atoms with Gasteiger partial charge in [0.1, 0.15) is 23.5 Å². The minimum atomic E-state index is -0.463. The van der Waals surface area contributed by atoms with E-state index in [2.05, 4.69) is 33.9 Å². The summed E-state index contributed by atoms with van der Waals surface area (Å²) in [5.74, 6) is -0.118. The smallest absolute Gasteiger partial charge is 0.249 e. The third kappa shape index (κ3) is 4.79. The molecule has 0 unspecified atom stereocenters. The average molecular weight is 664 g/mol. The lowest BCUT2D eigenvalue weighted by molar-refractivity contribution is -0.145. The lowest BCUT2D eigenvalue weighted by Gasteiger charge is -2.40. The van der Waals surface area contributed by atoms with Gasteiger partial charge in [0.05, 0.1) is 42.2 Å². The van der Waals surface area contributed by atoms with Gasteiger partial charge in [-0.3, -0.25) is 14.8 Å². The summed E-state index contributed by atoms with van der Waals surface area (Å²) >= 11 is 6.55. The average Bonchev–Trinajstić information content (AvgIpc) is 3.82. The Morgan fingerprint density at radius 3 is 2.77 bits per heavy atom. The van der Waals surface area contributed by atoms with E-state index in [0.717, 1.165) is 46.4 Å². The first-order chi connectivity index (χ1) is 23.3. The lowest BCUT2D eigenvalue weighted by Crippen LogP contribution is -2.45. The predicted molar refractivity (Wildman–Crippen MR) is 182 cm³/mol. The van der Waals surface area contributed by atoms with Gasteiger partial charge >= 0.3 is 0 Å². The number of ether oxygens (including phenoxy) is 1. The number of aryl methyl sites for hydroxylation is 2. The van der Waals surface area contributed by atoms with Crippen LogP contribution in [-0.2, 0) is 16.0 Å². The Balaban J connectivity index is 1.49. The standard InChI is InChI=1S/C37H35ClFN7O2/c1-19-15-42-29(17-41-19)34-26-14-30(21(3)45-10-11-48-18-31(45)47)46(36-23-13-28(36)43-16-23)37(26)25-12-22(6-5-9-40)32(33(39)35(25)44-34)24-7-4-8-27(38)20(24)2/h4,7-8,12,14-15,17,21,23,28,36,43H,5-6,10-11,13,16,18H2,1-3H3/t21-,23-,28-,36+/m1/s1. The van der Waals surface area contributed by atoms with Crippen molar-refractivity contribution in [3.8, 4) is 28.6 Å². The molecular weight excluding hydrogens is 629 g/mol. The number of hydrogen-bond acceptors (Lipinski definition) is 7. The van der Waals surface area contributed by atoms with Gasteiger partial charge in [-0.05, 0) is 74.4 Å². The number of carbonyl (C=O) groups excluding carboxylic acids is 1. The van der Waals surface area contributed by atoms with E-state index in [1.165, 1.54) is 0 Å². The molecule has 9 nitrogen and oxygen atoms in total. The molecule has 0 radical (unpaired) electrons. The number of halogens is 2. The molecule has 4 atom stereocenters. The van der Waals surface area contributed by atoms with Crippen molar-refractivity contribution >= 4 is 39.3 Å². The highest BCUT2D eigenvalue weighted by Gasteiger charge is 2.49. The molecule has 1 saturated carbocycles. The molecule has 1 aliphatic carbocycles. The number of morpholine rings is 1. The highest BCUT2D eigenvalue weighted by Crippen LogP contribution is 2.50. The Hall–Kier alpha value is -4.43. The van der Waals surface area contributed by atoms with Gasteiger partial charge in [-0.2, -0.15) is 5.26 Å². The van der Waals surface area contributed by atoms with E-state index in [1.54, 1.807) is 18.5 Å². The summed E-state index contributed by atoms with van der Waals surface area (Å²) in [5.41, 5.74) is 6.42. The van der Waals surface area contributed by atoms with Crippen LogP contribution in [0.25, 0.3) is 44.3 Å². The summed E-state index contributed by atoms with van der Waals surface area (Å²) in [6, 6.07) is 12.0. The van der Waals surface area contributed by atoms with Crippen LogP contribution in [0.15, 0.2) is 42.7 Å². The number of rotatable bonds is 7. The van der Waals surface area contributed by atoms with Crippen LogP contribution in [0.1, 0.15) is 54.4 Å². The molecule has 4 fully saturated rings. The summed E-state index contributed by atoms with van der Waals surface area (Å²) in [6.07, 6.45) is 5.03. The summed E-state index contributed by atoms with van der Waals surface area (Å²) in [7, 11) is 0. The number of nitrogens with one attached hydrogen (secondary N) is 1. The molecule has 244 valence electrons. The number of carbonyl (C=O) groups is 1. The molecule has 6 heterocycles. The van der Waals surface area contributed by atoms with E-state index in [4.69, 9.17) is 26.3 Å². The summed E-state index contributed by atoms with van der Waals surface area (Å²) in [6.45, 7) is 7.72. The zero-order valence-electron chi connectivity index (χ0n) is 27.1. The normalized spacial score (nSPS) is 21.1. The maximum absolute atomic E-state index is 17.4. The van der Waals surface area contributed by atoms with Crippen molar-refractivity contribution in [2.45, 2.75) is 58.2 Å². The number of fused-ring (bicyclic) bond motifs is 4. The minimum absolute atomic E-state index is 0.0503. The molecule has 9 rings (SSSR count). The molecule has 2 bridgehead atoms. The van der Waals surface area contributed by atoms with E-state index in [-0.39, 0.29) is 42.6 Å². The fourth-order valence-corrected chi connectivity index (χ4v) is 8.18. The quantitative estimate of drug-likeness (QED) is 0.208. The number of nitriles is 1. The van der Waals surface area contributed by atoms with Crippen molar-refractivity contribution in [2.24, 2.45) is 5.92 Å².